The number of likely N-dealkylation sites (N-methyl/N-ethyl adjacent to an activating group) is 1. The van der Waals surface area contributed by atoms with Crippen molar-refractivity contribution in [2.24, 2.45) is 5.41 Å². The Morgan fingerprint density at radius 3 is 2.40 bits per heavy atom. The van der Waals surface area contributed by atoms with E-state index in [4.69, 9.17) is 5.11 Å². The molecule has 1 aliphatic carbocycles. The first kappa shape index (κ1) is 28.5. The van der Waals surface area contributed by atoms with Gasteiger partial charge in [-0.15, -0.1) is 0 Å². The molecule has 0 bridgehead atoms. The molecule has 0 aromatic heterocycles. The fraction of sp³-hybridized carbons (Fsp3) is 0.552. The zero-order chi connectivity index (χ0) is 28.7. The van der Waals surface area contributed by atoms with Gasteiger partial charge in [-0.3, -0.25) is 9.52 Å². The summed E-state index contributed by atoms with van der Waals surface area (Å²) in [5.41, 5.74) is 5.14. The number of fused-ring (bicyclic) bond motifs is 1. The highest BCUT2D eigenvalue weighted by atomic mass is 32.2. The van der Waals surface area contributed by atoms with Crippen LogP contribution in [-0.4, -0.2) is 75.7 Å². The van der Waals surface area contributed by atoms with Gasteiger partial charge in [0.1, 0.15) is 0 Å². The predicted octanol–water partition coefficient (Wildman–Crippen LogP) is 3.23. The first-order chi connectivity index (χ1) is 18.9. The molecule has 0 unspecified atom stereocenters. The number of benzene rings is 2. The van der Waals surface area contributed by atoms with Crippen LogP contribution < -0.4 is 25.2 Å². The third-order valence-electron chi connectivity index (χ3n) is 8.41. The molecule has 2 fully saturated rings. The second-order valence-corrected chi connectivity index (χ2v) is 14.0. The number of amides is 1. The van der Waals surface area contributed by atoms with E-state index in [0.29, 0.717) is 28.0 Å². The van der Waals surface area contributed by atoms with Gasteiger partial charge in [0.05, 0.1) is 52.8 Å². The number of carbonyl (C=O) groups is 1. The van der Waals surface area contributed by atoms with E-state index in [1.165, 1.54) is 12.8 Å². The molecule has 1 amide bonds. The number of carbonyl (C=O) groups excluding carboxylic acids is 1. The Morgan fingerprint density at radius 1 is 1.02 bits per heavy atom. The summed E-state index contributed by atoms with van der Waals surface area (Å²) < 4.78 is 27.2. The maximum atomic E-state index is 13.8. The van der Waals surface area contributed by atoms with E-state index in [1.54, 1.807) is 18.2 Å². The van der Waals surface area contributed by atoms with Crippen LogP contribution in [0.4, 0.5) is 28.4 Å². The van der Waals surface area contributed by atoms with Gasteiger partial charge in [0.15, 0.2) is 0 Å². The summed E-state index contributed by atoms with van der Waals surface area (Å²) in [7, 11) is -1.67. The van der Waals surface area contributed by atoms with Crippen molar-refractivity contribution >= 4 is 44.4 Å². The van der Waals surface area contributed by atoms with Gasteiger partial charge in [-0.05, 0) is 87.3 Å². The third kappa shape index (κ3) is 6.16. The van der Waals surface area contributed by atoms with Crippen molar-refractivity contribution in [1.82, 2.24) is 0 Å². The average molecular weight is 572 g/mol. The molecule has 2 heterocycles. The number of aliphatic hydroxyl groups excluding tert-OH is 2. The van der Waals surface area contributed by atoms with Gasteiger partial charge >= 0.3 is 0 Å². The molecule has 40 heavy (non-hydrogen) atoms. The SMILES string of the molecule is CN1CCc2cc(NC(=O)c3ccc(NS(=O)(=O)CCO)cc3N3CCC4(CC3)CC4)cc(NC(C)(C)CO)c21. The van der Waals surface area contributed by atoms with Crippen molar-refractivity contribution in [1.29, 1.82) is 0 Å². The molecular formula is C29H41N5O5S. The van der Waals surface area contributed by atoms with Gasteiger partial charge < -0.3 is 30.6 Å². The summed E-state index contributed by atoms with van der Waals surface area (Å²) in [6.45, 7) is 5.82. The number of sulfonamides is 1. The number of nitrogens with zero attached hydrogens (tertiary/aromatic N) is 2. The number of anilines is 5. The van der Waals surface area contributed by atoms with Crippen molar-refractivity contribution in [3.8, 4) is 0 Å². The second kappa shape index (κ2) is 10.8. The fourth-order valence-corrected chi connectivity index (χ4v) is 6.63. The molecule has 5 N–H and O–H groups in total. The van der Waals surface area contributed by atoms with Crippen molar-refractivity contribution in [2.75, 3.05) is 70.8 Å². The number of hydrogen-bond acceptors (Lipinski definition) is 8. The Kier molecular flexibility index (Phi) is 7.66. The van der Waals surface area contributed by atoms with Crippen molar-refractivity contribution in [3.63, 3.8) is 0 Å². The Morgan fingerprint density at radius 2 is 1.75 bits per heavy atom. The standard InChI is InChI=1S/C29H41N5O5S/c1-28(2,19-36)31-24-17-22(16-20-6-11-33(3)26(20)24)30-27(37)23-5-4-21(32-40(38,39)15-14-35)18-25(23)34-12-9-29(7-8-29)10-13-34/h4-5,16-18,31-32,35-36H,6-15,19H2,1-3H3,(H,30,37). The van der Waals surface area contributed by atoms with Gasteiger partial charge in [0.25, 0.3) is 5.91 Å². The molecule has 2 aromatic carbocycles. The Bertz CT molecular complexity index is 1380. The highest BCUT2D eigenvalue weighted by Crippen LogP contribution is 2.54. The van der Waals surface area contributed by atoms with E-state index in [-0.39, 0.29) is 12.5 Å². The minimum atomic E-state index is -3.70. The molecule has 1 saturated carbocycles. The van der Waals surface area contributed by atoms with E-state index in [1.807, 2.05) is 33.0 Å². The number of aliphatic hydroxyl groups is 2. The Balaban J connectivity index is 1.45. The summed E-state index contributed by atoms with van der Waals surface area (Å²) in [5.74, 6) is -0.668. The quantitative estimate of drug-likeness (QED) is 0.294. The van der Waals surface area contributed by atoms with Gasteiger partial charge in [0, 0.05) is 32.4 Å². The summed E-state index contributed by atoms with van der Waals surface area (Å²) in [6, 6.07) is 8.89. The van der Waals surface area contributed by atoms with E-state index in [2.05, 4.69) is 25.2 Å². The van der Waals surface area contributed by atoms with Crippen LogP contribution in [0, 0.1) is 5.41 Å². The Hall–Kier alpha value is -3.02. The molecule has 3 aliphatic rings. The number of hydrogen-bond donors (Lipinski definition) is 5. The van der Waals surface area contributed by atoms with Crippen LogP contribution in [-0.2, 0) is 16.4 Å². The molecule has 11 heteroatoms. The fourth-order valence-electron chi connectivity index (χ4n) is 5.80. The molecule has 10 nitrogen and oxygen atoms in total. The van der Waals surface area contributed by atoms with Crippen LogP contribution in [0.3, 0.4) is 0 Å². The predicted molar refractivity (Wildman–Crippen MR) is 160 cm³/mol. The van der Waals surface area contributed by atoms with Crippen LogP contribution in [0.25, 0.3) is 0 Å². The summed E-state index contributed by atoms with van der Waals surface area (Å²) in [4.78, 5) is 18.1. The largest absolute Gasteiger partial charge is 0.395 e. The zero-order valence-corrected chi connectivity index (χ0v) is 24.4. The highest BCUT2D eigenvalue weighted by Gasteiger charge is 2.44. The van der Waals surface area contributed by atoms with Gasteiger partial charge in [-0.25, -0.2) is 8.42 Å². The monoisotopic (exact) mass is 571 g/mol. The van der Waals surface area contributed by atoms with Crippen LogP contribution in [0.2, 0.25) is 0 Å². The lowest BCUT2D eigenvalue weighted by Crippen LogP contribution is -2.36. The second-order valence-electron chi connectivity index (χ2n) is 12.2. The molecule has 1 spiro atoms. The molecule has 1 saturated heterocycles. The topological polar surface area (TPSA) is 134 Å². The Labute approximate surface area is 236 Å². The van der Waals surface area contributed by atoms with Crippen molar-refractivity contribution < 1.29 is 23.4 Å². The van der Waals surface area contributed by atoms with Gasteiger partial charge in [0.2, 0.25) is 10.0 Å². The van der Waals surface area contributed by atoms with Crippen molar-refractivity contribution in [2.45, 2.75) is 51.5 Å². The van der Waals surface area contributed by atoms with Crippen LogP contribution >= 0.6 is 0 Å². The first-order valence-corrected chi connectivity index (χ1v) is 15.7. The molecule has 5 rings (SSSR count). The molecule has 2 aromatic rings. The van der Waals surface area contributed by atoms with Gasteiger partial charge in [-0.2, -0.15) is 0 Å². The van der Waals surface area contributed by atoms with E-state index in [9.17, 15) is 18.3 Å². The van der Waals surface area contributed by atoms with Gasteiger partial charge in [-0.1, -0.05) is 0 Å². The number of piperidine rings is 1. The van der Waals surface area contributed by atoms with E-state index in [0.717, 1.165) is 55.8 Å². The summed E-state index contributed by atoms with van der Waals surface area (Å²) in [6.07, 6.45) is 5.48. The summed E-state index contributed by atoms with van der Waals surface area (Å²) in [5, 5.41) is 25.5. The molecule has 0 atom stereocenters. The first-order valence-electron chi connectivity index (χ1n) is 14.0. The normalized spacial score (nSPS) is 18.0. The minimum Gasteiger partial charge on any atom is -0.395 e. The third-order valence-corrected chi connectivity index (χ3v) is 9.68. The maximum Gasteiger partial charge on any atom is 0.257 e. The summed E-state index contributed by atoms with van der Waals surface area (Å²) >= 11 is 0. The van der Waals surface area contributed by atoms with Crippen LogP contribution in [0.15, 0.2) is 30.3 Å². The smallest absolute Gasteiger partial charge is 0.257 e. The molecular weight excluding hydrogens is 530 g/mol. The zero-order valence-electron chi connectivity index (χ0n) is 23.6. The van der Waals surface area contributed by atoms with E-state index >= 15 is 0 Å². The lowest BCUT2D eigenvalue weighted by molar-refractivity contribution is 0.102. The van der Waals surface area contributed by atoms with Crippen LogP contribution in [0.5, 0.6) is 0 Å². The molecule has 0 radical (unpaired) electrons. The lowest BCUT2D eigenvalue weighted by Gasteiger charge is -2.35. The molecule has 218 valence electrons. The molecule has 2 aliphatic heterocycles. The highest BCUT2D eigenvalue weighted by molar-refractivity contribution is 7.92. The van der Waals surface area contributed by atoms with Crippen LogP contribution in [0.1, 0.15) is 55.5 Å². The lowest BCUT2D eigenvalue weighted by atomic mass is 9.93. The van der Waals surface area contributed by atoms with Crippen molar-refractivity contribution in [3.05, 3.63) is 41.5 Å². The average Bonchev–Trinajstić information content (AvgIpc) is 3.54. The maximum absolute atomic E-state index is 13.8. The number of rotatable bonds is 10. The minimum absolute atomic E-state index is 0.0447. The van der Waals surface area contributed by atoms with E-state index < -0.39 is 27.9 Å². The number of nitrogens with one attached hydrogen (secondary N) is 3.